The lowest BCUT2D eigenvalue weighted by molar-refractivity contribution is -0.131. The Morgan fingerprint density at radius 2 is 2.11 bits per heavy atom. The lowest BCUT2D eigenvalue weighted by atomic mass is 10.2. The third-order valence-electron chi connectivity index (χ3n) is 2.38. The average molecular weight is 255 g/mol. The van der Waals surface area contributed by atoms with Crippen LogP contribution in [0.2, 0.25) is 0 Å². The quantitative estimate of drug-likeness (QED) is 0.852. The minimum absolute atomic E-state index is 0.568. The lowest BCUT2D eigenvalue weighted by Gasteiger charge is -2.06. The molecule has 1 aromatic heterocycles. The van der Waals surface area contributed by atoms with Gasteiger partial charge in [0.1, 0.15) is 11.5 Å². The van der Waals surface area contributed by atoms with Crippen LogP contribution in [0, 0.1) is 6.92 Å². The van der Waals surface area contributed by atoms with Crippen molar-refractivity contribution in [2.24, 2.45) is 0 Å². The van der Waals surface area contributed by atoms with Crippen LogP contribution in [0.4, 0.5) is 0 Å². The van der Waals surface area contributed by atoms with E-state index >= 15 is 0 Å². The molecule has 2 aromatic rings. The molecule has 4 heteroatoms. The van der Waals surface area contributed by atoms with Gasteiger partial charge in [0.2, 0.25) is 0 Å². The Morgan fingerprint density at radius 1 is 1.26 bits per heavy atom. The maximum Gasteiger partial charge on any atom is 0.328 e. The molecule has 0 spiro atoms. The number of ether oxygens (including phenoxy) is 1. The molecule has 2 rings (SSSR count). The molecule has 1 heterocycles. The molecule has 4 nitrogen and oxygen atoms in total. The molecule has 0 aliphatic rings. The molecule has 0 fully saturated rings. The summed E-state index contributed by atoms with van der Waals surface area (Å²) in [5, 5.41) is 8.57. The number of carboxylic acid groups (broad SMARTS) is 1. The largest absolute Gasteiger partial charge is 0.478 e. The fourth-order valence-corrected chi connectivity index (χ4v) is 1.56. The van der Waals surface area contributed by atoms with Crippen molar-refractivity contribution in [2.75, 3.05) is 0 Å². The van der Waals surface area contributed by atoms with Gasteiger partial charge in [-0.05, 0) is 42.3 Å². The van der Waals surface area contributed by atoms with Crippen LogP contribution in [0.1, 0.15) is 11.1 Å². The summed E-state index contributed by atoms with van der Waals surface area (Å²) in [5.74, 6) is 0.296. The van der Waals surface area contributed by atoms with Crippen LogP contribution in [0.5, 0.6) is 11.5 Å². The fraction of sp³-hybridized carbons (Fsp3) is 0.0667. The Kier molecular flexibility index (Phi) is 3.93. The zero-order valence-electron chi connectivity index (χ0n) is 10.4. The van der Waals surface area contributed by atoms with Crippen molar-refractivity contribution < 1.29 is 14.6 Å². The van der Waals surface area contributed by atoms with Crippen LogP contribution in [0.25, 0.3) is 6.08 Å². The Morgan fingerprint density at radius 3 is 2.84 bits per heavy atom. The molecule has 0 unspecified atom stereocenters. The van der Waals surface area contributed by atoms with Crippen LogP contribution >= 0.6 is 0 Å². The second-order valence-corrected chi connectivity index (χ2v) is 4.04. The zero-order chi connectivity index (χ0) is 13.7. The highest BCUT2D eigenvalue weighted by molar-refractivity contribution is 5.85. The molecule has 0 saturated carbocycles. The van der Waals surface area contributed by atoms with E-state index in [4.69, 9.17) is 9.84 Å². The van der Waals surface area contributed by atoms with Gasteiger partial charge in [0.15, 0.2) is 0 Å². The van der Waals surface area contributed by atoms with Crippen LogP contribution in [-0.2, 0) is 4.79 Å². The van der Waals surface area contributed by atoms with E-state index < -0.39 is 5.97 Å². The molecule has 0 atom stereocenters. The summed E-state index contributed by atoms with van der Waals surface area (Å²) in [6, 6.07) is 9.39. The van der Waals surface area contributed by atoms with E-state index in [1.807, 2.05) is 31.2 Å². The van der Waals surface area contributed by atoms with Crippen LogP contribution < -0.4 is 4.74 Å². The van der Waals surface area contributed by atoms with Gasteiger partial charge in [-0.15, -0.1) is 0 Å². The van der Waals surface area contributed by atoms with Gasteiger partial charge in [0, 0.05) is 12.3 Å². The van der Waals surface area contributed by atoms with Crippen LogP contribution in [-0.4, -0.2) is 16.1 Å². The first-order chi connectivity index (χ1) is 9.13. The lowest BCUT2D eigenvalue weighted by Crippen LogP contribution is -1.88. The topological polar surface area (TPSA) is 59.4 Å². The third-order valence-corrected chi connectivity index (χ3v) is 2.38. The highest BCUT2D eigenvalue weighted by Crippen LogP contribution is 2.22. The fourth-order valence-electron chi connectivity index (χ4n) is 1.56. The first-order valence-corrected chi connectivity index (χ1v) is 5.74. The first-order valence-electron chi connectivity index (χ1n) is 5.74. The predicted molar refractivity (Wildman–Crippen MR) is 72.2 cm³/mol. The first kappa shape index (κ1) is 12.8. The molecule has 1 aromatic carbocycles. The summed E-state index contributed by atoms with van der Waals surface area (Å²) < 4.78 is 5.66. The number of rotatable bonds is 4. The number of carboxylic acids is 1. The zero-order valence-corrected chi connectivity index (χ0v) is 10.4. The van der Waals surface area contributed by atoms with Crippen LogP contribution in [0.3, 0.4) is 0 Å². The third kappa shape index (κ3) is 3.96. The SMILES string of the molecule is Cc1cccc(Oc2cncc(/C=C/C(=O)O)c2)c1. The van der Waals surface area contributed by atoms with Crippen molar-refractivity contribution in [2.45, 2.75) is 6.92 Å². The smallest absolute Gasteiger partial charge is 0.328 e. The van der Waals surface area contributed by atoms with E-state index in [1.165, 1.54) is 6.08 Å². The molecule has 0 bridgehead atoms. The average Bonchev–Trinajstić information content (AvgIpc) is 2.37. The molecular formula is C15H13NO3. The van der Waals surface area contributed by atoms with Gasteiger partial charge in [-0.25, -0.2) is 4.79 Å². The molecule has 1 N–H and O–H groups in total. The van der Waals surface area contributed by atoms with Crippen molar-refractivity contribution in [3.63, 3.8) is 0 Å². The summed E-state index contributed by atoms with van der Waals surface area (Å²) in [6.07, 6.45) is 5.69. The van der Waals surface area contributed by atoms with E-state index in [2.05, 4.69) is 4.98 Å². The summed E-state index contributed by atoms with van der Waals surface area (Å²) in [6.45, 7) is 1.98. The van der Waals surface area contributed by atoms with Crippen molar-refractivity contribution >= 4 is 12.0 Å². The van der Waals surface area contributed by atoms with Gasteiger partial charge < -0.3 is 9.84 Å². The number of carbonyl (C=O) groups is 1. The number of nitrogens with zero attached hydrogens (tertiary/aromatic N) is 1. The van der Waals surface area contributed by atoms with Crippen molar-refractivity contribution in [3.05, 3.63) is 59.9 Å². The second-order valence-electron chi connectivity index (χ2n) is 4.04. The Bertz CT molecular complexity index is 620. The molecular weight excluding hydrogens is 242 g/mol. The molecule has 0 amide bonds. The van der Waals surface area contributed by atoms with Crippen molar-refractivity contribution in [1.29, 1.82) is 0 Å². The Balaban J connectivity index is 2.17. The number of benzene rings is 1. The van der Waals surface area contributed by atoms with Gasteiger partial charge in [-0.2, -0.15) is 0 Å². The number of aromatic nitrogens is 1. The van der Waals surface area contributed by atoms with Crippen molar-refractivity contribution in [1.82, 2.24) is 4.98 Å². The van der Waals surface area contributed by atoms with E-state index in [-0.39, 0.29) is 0 Å². The molecule has 0 aliphatic carbocycles. The standard InChI is InChI=1S/C15H13NO3/c1-11-3-2-4-13(7-11)19-14-8-12(9-16-10-14)5-6-15(17)18/h2-10H,1H3,(H,17,18)/b6-5+. The Hall–Kier alpha value is -2.62. The van der Waals surface area contributed by atoms with Crippen molar-refractivity contribution in [3.8, 4) is 11.5 Å². The van der Waals surface area contributed by atoms with E-state index in [0.717, 1.165) is 17.4 Å². The van der Waals surface area contributed by atoms with Gasteiger partial charge in [-0.1, -0.05) is 12.1 Å². The summed E-state index contributed by atoms with van der Waals surface area (Å²) in [5.41, 5.74) is 1.78. The van der Waals surface area contributed by atoms with E-state index in [1.54, 1.807) is 18.5 Å². The van der Waals surface area contributed by atoms with Gasteiger partial charge >= 0.3 is 5.97 Å². The number of hydrogen-bond acceptors (Lipinski definition) is 3. The normalized spacial score (nSPS) is 10.6. The number of pyridine rings is 1. The maximum absolute atomic E-state index is 10.4. The molecule has 19 heavy (non-hydrogen) atoms. The van der Waals surface area contributed by atoms with Crippen LogP contribution in [0.15, 0.2) is 48.8 Å². The van der Waals surface area contributed by atoms with Gasteiger partial charge in [-0.3, -0.25) is 4.98 Å². The summed E-state index contributed by atoms with van der Waals surface area (Å²) >= 11 is 0. The number of hydrogen-bond donors (Lipinski definition) is 1. The van der Waals surface area contributed by atoms with Gasteiger partial charge in [0.05, 0.1) is 6.20 Å². The van der Waals surface area contributed by atoms with Gasteiger partial charge in [0.25, 0.3) is 0 Å². The number of aliphatic carboxylic acids is 1. The summed E-state index contributed by atoms with van der Waals surface area (Å²) in [7, 11) is 0. The summed E-state index contributed by atoms with van der Waals surface area (Å²) in [4.78, 5) is 14.5. The molecule has 96 valence electrons. The molecule has 0 radical (unpaired) electrons. The highest BCUT2D eigenvalue weighted by Gasteiger charge is 1.99. The van der Waals surface area contributed by atoms with E-state index in [0.29, 0.717) is 11.3 Å². The van der Waals surface area contributed by atoms with E-state index in [9.17, 15) is 4.79 Å². The minimum Gasteiger partial charge on any atom is -0.478 e. The maximum atomic E-state index is 10.4. The predicted octanol–water partition coefficient (Wildman–Crippen LogP) is 3.28. The minimum atomic E-state index is -0.995. The highest BCUT2D eigenvalue weighted by atomic mass is 16.5. The Labute approximate surface area is 111 Å². The second kappa shape index (κ2) is 5.82. The molecule has 0 aliphatic heterocycles. The monoisotopic (exact) mass is 255 g/mol. The molecule has 0 saturated heterocycles. The number of aryl methyl sites for hydroxylation is 1.